The van der Waals surface area contributed by atoms with Gasteiger partial charge in [-0.05, 0) is 49.4 Å². The summed E-state index contributed by atoms with van der Waals surface area (Å²) >= 11 is 3.38. The number of nitrogens with zero attached hydrogens (tertiary/aromatic N) is 2. The van der Waals surface area contributed by atoms with Crippen molar-refractivity contribution in [3.63, 3.8) is 0 Å². The lowest BCUT2D eigenvalue weighted by Gasteiger charge is -2.22. The minimum atomic E-state index is 0.0128. The van der Waals surface area contributed by atoms with Gasteiger partial charge in [0.1, 0.15) is 0 Å². The summed E-state index contributed by atoms with van der Waals surface area (Å²) in [4.78, 5) is 28.9. The SMILES string of the molecule is O=C(CCN1CCCN(C(=O)c2ccccc2)CC1)Nc1ccc(Br)cc1. The van der Waals surface area contributed by atoms with Gasteiger partial charge in [0.05, 0.1) is 0 Å². The third kappa shape index (κ3) is 5.91. The van der Waals surface area contributed by atoms with Crippen LogP contribution in [0.5, 0.6) is 0 Å². The molecule has 0 unspecified atom stereocenters. The Hall–Kier alpha value is -2.18. The zero-order chi connectivity index (χ0) is 19.1. The van der Waals surface area contributed by atoms with Crippen LogP contribution in [0.3, 0.4) is 0 Å². The predicted molar refractivity (Wildman–Crippen MR) is 111 cm³/mol. The lowest BCUT2D eigenvalue weighted by molar-refractivity contribution is -0.116. The molecule has 1 fully saturated rings. The molecule has 0 spiro atoms. The first kappa shape index (κ1) is 19.6. The standard InChI is InChI=1S/C21H24BrN3O2/c22-18-7-9-19(10-8-18)23-20(26)11-14-24-12-4-13-25(16-15-24)21(27)17-5-2-1-3-6-17/h1-3,5-10H,4,11-16H2,(H,23,26). The average Bonchev–Trinajstić information content (AvgIpc) is 2.94. The molecule has 0 aliphatic carbocycles. The van der Waals surface area contributed by atoms with Crippen LogP contribution in [-0.2, 0) is 4.79 Å². The number of hydrogen-bond donors (Lipinski definition) is 1. The molecule has 6 heteroatoms. The summed E-state index contributed by atoms with van der Waals surface area (Å²) in [5.41, 5.74) is 1.54. The molecule has 0 saturated carbocycles. The molecule has 1 saturated heterocycles. The van der Waals surface area contributed by atoms with E-state index < -0.39 is 0 Å². The van der Waals surface area contributed by atoms with Crippen LogP contribution >= 0.6 is 15.9 Å². The van der Waals surface area contributed by atoms with Crippen molar-refractivity contribution in [1.29, 1.82) is 0 Å². The van der Waals surface area contributed by atoms with Gasteiger partial charge in [0.15, 0.2) is 0 Å². The van der Waals surface area contributed by atoms with Gasteiger partial charge in [0.2, 0.25) is 5.91 Å². The molecule has 3 rings (SSSR count). The summed E-state index contributed by atoms with van der Waals surface area (Å²) < 4.78 is 0.986. The molecule has 0 aromatic heterocycles. The molecular weight excluding hydrogens is 406 g/mol. The van der Waals surface area contributed by atoms with Gasteiger partial charge in [-0.25, -0.2) is 0 Å². The summed E-state index contributed by atoms with van der Waals surface area (Å²) in [5, 5.41) is 2.92. The van der Waals surface area contributed by atoms with Crippen molar-refractivity contribution in [2.75, 3.05) is 38.0 Å². The van der Waals surface area contributed by atoms with E-state index in [2.05, 4.69) is 26.1 Å². The van der Waals surface area contributed by atoms with Crippen molar-refractivity contribution in [2.45, 2.75) is 12.8 Å². The normalized spacial score (nSPS) is 15.2. The Morgan fingerprint density at radius 2 is 1.67 bits per heavy atom. The number of carbonyl (C=O) groups is 2. The lowest BCUT2D eigenvalue weighted by Crippen LogP contribution is -2.36. The Balaban J connectivity index is 1.45. The summed E-state index contributed by atoms with van der Waals surface area (Å²) in [6, 6.07) is 17.0. The van der Waals surface area contributed by atoms with E-state index >= 15 is 0 Å². The number of hydrogen-bond acceptors (Lipinski definition) is 3. The highest BCUT2D eigenvalue weighted by Crippen LogP contribution is 2.14. The number of carbonyl (C=O) groups excluding carboxylic acids is 2. The average molecular weight is 430 g/mol. The number of amides is 2. The molecule has 2 amide bonds. The summed E-state index contributed by atoms with van der Waals surface area (Å²) in [7, 11) is 0. The van der Waals surface area contributed by atoms with E-state index in [4.69, 9.17) is 0 Å². The summed E-state index contributed by atoms with van der Waals surface area (Å²) in [5.74, 6) is 0.101. The van der Waals surface area contributed by atoms with Crippen molar-refractivity contribution in [3.8, 4) is 0 Å². The highest BCUT2D eigenvalue weighted by atomic mass is 79.9. The third-order valence-corrected chi connectivity index (χ3v) is 5.21. The molecule has 1 N–H and O–H groups in total. The molecule has 27 heavy (non-hydrogen) atoms. The quantitative estimate of drug-likeness (QED) is 0.789. The fourth-order valence-electron chi connectivity index (χ4n) is 3.18. The van der Waals surface area contributed by atoms with E-state index in [1.54, 1.807) is 0 Å². The van der Waals surface area contributed by atoms with Crippen LogP contribution in [0.2, 0.25) is 0 Å². The second-order valence-corrected chi connectivity index (χ2v) is 7.57. The molecular formula is C21H24BrN3O2. The fourth-order valence-corrected chi connectivity index (χ4v) is 3.44. The maximum Gasteiger partial charge on any atom is 0.253 e. The van der Waals surface area contributed by atoms with Crippen LogP contribution in [0, 0.1) is 0 Å². The number of rotatable bonds is 5. The Bertz CT molecular complexity index is 765. The lowest BCUT2D eigenvalue weighted by atomic mass is 10.2. The largest absolute Gasteiger partial charge is 0.337 e. The van der Waals surface area contributed by atoms with Crippen LogP contribution in [0.1, 0.15) is 23.2 Å². The van der Waals surface area contributed by atoms with Gasteiger partial charge in [0, 0.05) is 48.3 Å². The van der Waals surface area contributed by atoms with Gasteiger partial charge >= 0.3 is 0 Å². The number of halogens is 1. The van der Waals surface area contributed by atoms with Crippen LogP contribution < -0.4 is 5.32 Å². The zero-order valence-electron chi connectivity index (χ0n) is 15.2. The van der Waals surface area contributed by atoms with E-state index in [-0.39, 0.29) is 11.8 Å². The van der Waals surface area contributed by atoms with Gasteiger partial charge < -0.3 is 15.1 Å². The number of benzene rings is 2. The second kappa shape index (κ2) is 9.67. The topological polar surface area (TPSA) is 52.7 Å². The Morgan fingerprint density at radius 1 is 0.926 bits per heavy atom. The summed E-state index contributed by atoms with van der Waals surface area (Å²) in [6.07, 6.45) is 1.37. The Labute approximate surface area is 168 Å². The summed E-state index contributed by atoms with van der Waals surface area (Å²) in [6.45, 7) is 3.86. The van der Waals surface area contributed by atoms with Crippen LogP contribution in [0.4, 0.5) is 5.69 Å². The van der Waals surface area contributed by atoms with Crippen molar-refractivity contribution in [2.24, 2.45) is 0 Å². The predicted octanol–water partition coefficient (Wildman–Crippen LogP) is 3.63. The maximum absolute atomic E-state index is 12.6. The highest BCUT2D eigenvalue weighted by Gasteiger charge is 2.20. The number of nitrogens with one attached hydrogen (secondary N) is 1. The van der Waals surface area contributed by atoms with Gasteiger partial charge in [0.25, 0.3) is 5.91 Å². The number of anilines is 1. The molecule has 142 valence electrons. The van der Waals surface area contributed by atoms with E-state index in [9.17, 15) is 9.59 Å². The first-order valence-electron chi connectivity index (χ1n) is 9.24. The first-order chi connectivity index (χ1) is 13.1. The zero-order valence-corrected chi connectivity index (χ0v) is 16.8. The fraction of sp³-hybridized carbons (Fsp3) is 0.333. The van der Waals surface area contributed by atoms with Crippen LogP contribution in [0.25, 0.3) is 0 Å². The molecule has 0 radical (unpaired) electrons. The monoisotopic (exact) mass is 429 g/mol. The molecule has 1 aliphatic rings. The smallest absolute Gasteiger partial charge is 0.253 e. The molecule has 2 aromatic rings. The van der Waals surface area contributed by atoms with Crippen molar-refractivity contribution < 1.29 is 9.59 Å². The molecule has 1 heterocycles. The maximum atomic E-state index is 12.6. The van der Waals surface area contributed by atoms with Crippen molar-refractivity contribution in [3.05, 3.63) is 64.6 Å². The van der Waals surface area contributed by atoms with E-state index in [0.717, 1.165) is 41.8 Å². The van der Waals surface area contributed by atoms with Crippen LogP contribution in [-0.4, -0.2) is 54.3 Å². The van der Waals surface area contributed by atoms with Crippen molar-refractivity contribution in [1.82, 2.24) is 9.80 Å². The molecule has 0 atom stereocenters. The van der Waals surface area contributed by atoms with E-state index in [1.807, 2.05) is 59.5 Å². The van der Waals surface area contributed by atoms with Gasteiger partial charge in [-0.15, -0.1) is 0 Å². The highest BCUT2D eigenvalue weighted by molar-refractivity contribution is 9.10. The Morgan fingerprint density at radius 3 is 2.41 bits per heavy atom. The Kier molecular flexibility index (Phi) is 7.01. The molecule has 2 aromatic carbocycles. The van der Waals surface area contributed by atoms with Crippen LogP contribution in [0.15, 0.2) is 59.1 Å². The molecule has 0 bridgehead atoms. The second-order valence-electron chi connectivity index (χ2n) is 6.66. The van der Waals surface area contributed by atoms with Gasteiger partial charge in [-0.2, -0.15) is 0 Å². The molecule has 1 aliphatic heterocycles. The van der Waals surface area contributed by atoms with E-state index in [1.165, 1.54) is 0 Å². The van der Waals surface area contributed by atoms with Gasteiger partial charge in [-0.3, -0.25) is 9.59 Å². The minimum absolute atomic E-state index is 0.0128. The third-order valence-electron chi connectivity index (χ3n) is 4.68. The van der Waals surface area contributed by atoms with Gasteiger partial charge in [-0.1, -0.05) is 34.1 Å². The minimum Gasteiger partial charge on any atom is -0.337 e. The molecule has 5 nitrogen and oxygen atoms in total. The first-order valence-corrected chi connectivity index (χ1v) is 10.0. The van der Waals surface area contributed by atoms with E-state index in [0.29, 0.717) is 19.5 Å². The van der Waals surface area contributed by atoms with Crippen molar-refractivity contribution >= 4 is 33.4 Å².